The summed E-state index contributed by atoms with van der Waals surface area (Å²) in [5, 5.41) is 2.93. The third-order valence-electron chi connectivity index (χ3n) is 5.00. The number of carbonyl (C=O) groups is 1. The SMILES string of the molecule is CC[C@H](C)NC(=O)c1ccc(Cn2c(=O)c(=O)n(CC)c3ccccc32)cc1. The number of para-hydroxylation sites is 2. The molecule has 1 atom stereocenters. The minimum atomic E-state index is -0.542. The van der Waals surface area contributed by atoms with Crippen molar-refractivity contribution in [3.63, 3.8) is 0 Å². The van der Waals surface area contributed by atoms with Gasteiger partial charge in [-0.2, -0.15) is 0 Å². The number of aromatic nitrogens is 2. The first-order chi connectivity index (χ1) is 13.5. The average molecular weight is 379 g/mol. The van der Waals surface area contributed by atoms with E-state index in [2.05, 4.69) is 5.32 Å². The van der Waals surface area contributed by atoms with Gasteiger partial charge >= 0.3 is 11.1 Å². The molecule has 1 N–H and O–H groups in total. The Labute approximate surface area is 163 Å². The fraction of sp³-hybridized carbons (Fsp3) is 0.318. The van der Waals surface area contributed by atoms with Crippen molar-refractivity contribution in [2.75, 3.05) is 0 Å². The lowest BCUT2D eigenvalue weighted by molar-refractivity contribution is 0.0939. The third-order valence-corrected chi connectivity index (χ3v) is 5.00. The molecule has 0 bridgehead atoms. The first-order valence-corrected chi connectivity index (χ1v) is 9.58. The fourth-order valence-electron chi connectivity index (χ4n) is 3.19. The summed E-state index contributed by atoms with van der Waals surface area (Å²) in [6.45, 7) is 6.54. The maximum absolute atomic E-state index is 12.7. The molecule has 0 aliphatic rings. The molecule has 0 spiro atoms. The van der Waals surface area contributed by atoms with Crippen molar-refractivity contribution in [3.8, 4) is 0 Å². The minimum absolute atomic E-state index is 0.113. The zero-order chi connectivity index (χ0) is 20.3. The Kier molecular flexibility index (Phi) is 5.78. The van der Waals surface area contributed by atoms with Crippen LogP contribution in [0.2, 0.25) is 0 Å². The second-order valence-electron chi connectivity index (χ2n) is 6.91. The molecule has 0 saturated heterocycles. The van der Waals surface area contributed by atoms with E-state index in [1.54, 1.807) is 12.1 Å². The van der Waals surface area contributed by atoms with Crippen molar-refractivity contribution >= 4 is 16.9 Å². The zero-order valence-corrected chi connectivity index (χ0v) is 16.4. The lowest BCUT2D eigenvalue weighted by Crippen LogP contribution is -2.41. The second-order valence-corrected chi connectivity index (χ2v) is 6.91. The van der Waals surface area contributed by atoms with Gasteiger partial charge in [0.2, 0.25) is 0 Å². The van der Waals surface area contributed by atoms with E-state index in [9.17, 15) is 14.4 Å². The molecule has 3 rings (SSSR count). The molecule has 1 amide bonds. The second kappa shape index (κ2) is 8.25. The summed E-state index contributed by atoms with van der Waals surface area (Å²) in [4.78, 5) is 37.4. The summed E-state index contributed by atoms with van der Waals surface area (Å²) >= 11 is 0. The van der Waals surface area contributed by atoms with Crippen LogP contribution in [0.3, 0.4) is 0 Å². The summed E-state index contributed by atoms with van der Waals surface area (Å²) in [6.07, 6.45) is 0.864. The monoisotopic (exact) mass is 379 g/mol. The van der Waals surface area contributed by atoms with Crippen LogP contribution >= 0.6 is 0 Å². The van der Waals surface area contributed by atoms with E-state index < -0.39 is 11.1 Å². The number of hydrogen-bond acceptors (Lipinski definition) is 3. The average Bonchev–Trinajstić information content (AvgIpc) is 2.72. The van der Waals surface area contributed by atoms with Gasteiger partial charge in [0.1, 0.15) is 0 Å². The summed E-state index contributed by atoms with van der Waals surface area (Å²) < 4.78 is 2.99. The van der Waals surface area contributed by atoms with Gasteiger partial charge in [0, 0.05) is 18.2 Å². The van der Waals surface area contributed by atoms with Crippen molar-refractivity contribution in [1.29, 1.82) is 0 Å². The van der Waals surface area contributed by atoms with Gasteiger partial charge in [0.05, 0.1) is 17.6 Å². The quantitative estimate of drug-likeness (QED) is 0.670. The van der Waals surface area contributed by atoms with E-state index in [-0.39, 0.29) is 18.5 Å². The third kappa shape index (κ3) is 3.76. The maximum atomic E-state index is 12.7. The van der Waals surface area contributed by atoms with Gasteiger partial charge in [-0.15, -0.1) is 0 Å². The molecule has 28 heavy (non-hydrogen) atoms. The highest BCUT2D eigenvalue weighted by atomic mass is 16.2. The summed E-state index contributed by atoms with van der Waals surface area (Å²) in [6, 6.07) is 14.6. The van der Waals surface area contributed by atoms with Crippen LogP contribution in [0.15, 0.2) is 58.1 Å². The lowest BCUT2D eigenvalue weighted by atomic mass is 10.1. The highest BCUT2D eigenvalue weighted by molar-refractivity contribution is 5.94. The molecule has 6 nitrogen and oxygen atoms in total. The Hall–Kier alpha value is -3.15. The number of rotatable bonds is 6. The number of amides is 1. The highest BCUT2D eigenvalue weighted by Crippen LogP contribution is 2.13. The Balaban J connectivity index is 1.96. The minimum Gasteiger partial charge on any atom is -0.350 e. The van der Waals surface area contributed by atoms with Crippen molar-refractivity contribution in [3.05, 3.63) is 80.4 Å². The highest BCUT2D eigenvalue weighted by Gasteiger charge is 2.13. The topological polar surface area (TPSA) is 73.1 Å². The van der Waals surface area contributed by atoms with Crippen molar-refractivity contribution in [2.24, 2.45) is 0 Å². The van der Waals surface area contributed by atoms with E-state index >= 15 is 0 Å². The Morgan fingerprint density at radius 2 is 1.50 bits per heavy atom. The predicted octanol–water partition coefficient (Wildman–Crippen LogP) is 2.76. The summed E-state index contributed by atoms with van der Waals surface area (Å²) in [5.41, 5.74) is 1.81. The molecule has 1 aromatic heterocycles. The number of carbonyl (C=O) groups excluding carboxylic acids is 1. The van der Waals surface area contributed by atoms with Gasteiger partial charge in [0.25, 0.3) is 5.91 Å². The van der Waals surface area contributed by atoms with Gasteiger partial charge < -0.3 is 9.88 Å². The molecular formula is C22H25N3O3. The molecule has 6 heteroatoms. The van der Waals surface area contributed by atoms with E-state index in [0.29, 0.717) is 17.6 Å². The molecule has 0 aliphatic heterocycles. The smallest absolute Gasteiger partial charge is 0.317 e. The summed E-state index contributed by atoms with van der Waals surface area (Å²) in [7, 11) is 0. The number of nitrogens with zero attached hydrogens (tertiary/aromatic N) is 2. The van der Waals surface area contributed by atoms with Crippen LogP contribution in [-0.4, -0.2) is 21.1 Å². The molecule has 1 heterocycles. The Morgan fingerprint density at radius 3 is 2.07 bits per heavy atom. The van der Waals surface area contributed by atoms with Crippen LogP contribution in [0.4, 0.5) is 0 Å². The van der Waals surface area contributed by atoms with E-state index in [1.165, 1.54) is 9.13 Å². The molecule has 0 unspecified atom stereocenters. The molecule has 3 aromatic rings. The number of hydrogen-bond donors (Lipinski definition) is 1. The van der Waals surface area contributed by atoms with Gasteiger partial charge in [-0.05, 0) is 50.1 Å². The number of aryl methyl sites for hydroxylation is 1. The van der Waals surface area contributed by atoms with Gasteiger partial charge in [-0.3, -0.25) is 19.0 Å². The Bertz CT molecular complexity index is 1110. The number of fused-ring (bicyclic) bond motifs is 1. The molecule has 2 aromatic carbocycles. The fourth-order valence-corrected chi connectivity index (χ4v) is 3.19. The van der Waals surface area contributed by atoms with E-state index in [1.807, 2.05) is 57.2 Å². The molecular weight excluding hydrogens is 354 g/mol. The maximum Gasteiger partial charge on any atom is 0.317 e. The van der Waals surface area contributed by atoms with Gasteiger partial charge in [0.15, 0.2) is 0 Å². The van der Waals surface area contributed by atoms with Crippen molar-refractivity contribution in [1.82, 2.24) is 14.5 Å². The lowest BCUT2D eigenvalue weighted by Gasteiger charge is -2.14. The number of benzene rings is 2. The van der Waals surface area contributed by atoms with E-state index in [4.69, 9.17) is 0 Å². The van der Waals surface area contributed by atoms with E-state index in [0.717, 1.165) is 17.5 Å². The molecule has 0 saturated carbocycles. The van der Waals surface area contributed by atoms with Crippen LogP contribution in [0, 0.1) is 0 Å². The molecule has 146 valence electrons. The van der Waals surface area contributed by atoms with Crippen LogP contribution in [0.5, 0.6) is 0 Å². The van der Waals surface area contributed by atoms with Crippen molar-refractivity contribution in [2.45, 2.75) is 46.3 Å². The van der Waals surface area contributed by atoms with Crippen LogP contribution in [-0.2, 0) is 13.1 Å². The predicted molar refractivity (Wildman–Crippen MR) is 111 cm³/mol. The molecule has 0 radical (unpaired) electrons. The normalized spacial score (nSPS) is 12.1. The van der Waals surface area contributed by atoms with Crippen molar-refractivity contribution < 1.29 is 4.79 Å². The first kappa shape index (κ1) is 19.6. The summed E-state index contributed by atoms with van der Waals surface area (Å²) in [5.74, 6) is -0.117. The Morgan fingerprint density at radius 1 is 0.929 bits per heavy atom. The van der Waals surface area contributed by atoms with Crippen LogP contribution in [0.25, 0.3) is 11.0 Å². The van der Waals surface area contributed by atoms with Crippen LogP contribution < -0.4 is 16.4 Å². The standard InChI is InChI=1S/C22H25N3O3/c1-4-15(3)23-20(26)17-12-10-16(11-13-17)14-25-19-9-7-6-8-18(19)24(5-2)21(27)22(25)28/h6-13,15H,4-5,14H2,1-3H3,(H,23,26)/t15-/m0/s1. The molecule has 0 aliphatic carbocycles. The number of nitrogens with one attached hydrogen (secondary N) is 1. The van der Waals surface area contributed by atoms with Gasteiger partial charge in [-0.1, -0.05) is 31.2 Å². The zero-order valence-electron chi connectivity index (χ0n) is 16.4. The first-order valence-electron chi connectivity index (χ1n) is 9.58. The van der Waals surface area contributed by atoms with Gasteiger partial charge in [-0.25, -0.2) is 0 Å². The molecule has 0 fully saturated rings. The largest absolute Gasteiger partial charge is 0.350 e. The van der Waals surface area contributed by atoms with Crippen LogP contribution in [0.1, 0.15) is 43.1 Å².